The highest BCUT2D eigenvalue weighted by Gasteiger charge is 2.18. The summed E-state index contributed by atoms with van der Waals surface area (Å²) in [4.78, 5) is 50.3. The van der Waals surface area contributed by atoms with E-state index in [1.54, 1.807) is 79.7 Å². The summed E-state index contributed by atoms with van der Waals surface area (Å²) in [5.41, 5.74) is 2.28. The van der Waals surface area contributed by atoms with Gasteiger partial charge in [-0.25, -0.2) is 0 Å². The number of ether oxygens (including phenoxy) is 2. The molecular formula is C33H30N4O7S. The molecule has 0 aliphatic rings. The third-order valence-corrected chi connectivity index (χ3v) is 7.41. The quantitative estimate of drug-likeness (QED) is 0.0744. The Balaban J connectivity index is 1.49. The number of nitro groups is 1. The Morgan fingerprint density at radius 1 is 0.889 bits per heavy atom. The lowest BCUT2D eigenvalue weighted by Crippen LogP contribution is -2.30. The SMILES string of the molecule is COc1cccc(/C=C(/NC(=O)c2ccccc2)C(=O)Nc2cccc(SCC(=O)Nc3ccc([N+](=O)[O-])cc3C)c2)c1OC. The van der Waals surface area contributed by atoms with Crippen LogP contribution in [-0.2, 0) is 9.59 Å². The van der Waals surface area contributed by atoms with Gasteiger partial charge in [0.1, 0.15) is 5.70 Å². The molecule has 0 heterocycles. The van der Waals surface area contributed by atoms with Crippen LogP contribution in [0.4, 0.5) is 17.1 Å². The Kier molecular flexibility index (Phi) is 10.9. The Hall–Kier alpha value is -5.62. The fraction of sp³-hybridized carbons (Fsp3) is 0.121. The van der Waals surface area contributed by atoms with Crippen molar-refractivity contribution in [2.45, 2.75) is 11.8 Å². The molecule has 0 fully saturated rings. The van der Waals surface area contributed by atoms with Gasteiger partial charge >= 0.3 is 0 Å². The molecule has 4 rings (SSSR count). The van der Waals surface area contributed by atoms with Crippen LogP contribution in [-0.4, -0.2) is 42.6 Å². The number of thioether (sulfide) groups is 1. The van der Waals surface area contributed by atoms with Crippen LogP contribution in [0.1, 0.15) is 21.5 Å². The average Bonchev–Trinajstić information content (AvgIpc) is 3.04. The van der Waals surface area contributed by atoms with Crippen molar-refractivity contribution in [3.63, 3.8) is 0 Å². The van der Waals surface area contributed by atoms with Gasteiger partial charge in [-0.15, -0.1) is 11.8 Å². The minimum Gasteiger partial charge on any atom is -0.493 e. The molecule has 0 aliphatic heterocycles. The molecule has 0 unspecified atom stereocenters. The topological polar surface area (TPSA) is 149 Å². The van der Waals surface area contributed by atoms with E-state index >= 15 is 0 Å². The van der Waals surface area contributed by atoms with Gasteiger partial charge in [0.15, 0.2) is 11.5 Å². The zero-order valence-electron chi connectivity index (χ0n) is 24.7. The van der Waals surface area contributed by atoms with Gasteiger partial charge in [0, 0.05) is 39.5 Å². The fourth-order valence-electron chi connectivity index (χ4n) is 4.22. The van der Waals surface area contributed by atoms with E-state index in [1.807, 2.05) is 0 Å². The molecule has 12 heteroatoms. The number of hydrogen-bond acceptors (Lipinski definition) is 8. The van der Waals surface area contributed by atoms with E-state index in [-0.39, 0.29) is 23.0 Å². The predicted molar refractivity (Wildman–Crippen MR) is 174 cm³/mol. The normalized spacial score (nSPS) is 10.9. The molecule has 0 aromatic heterocycles. The molecule has 0 aliphatic carbocycles. The lowest BCUT2D eigenvalue weighted by molar-refractivity contribution is -0.384. The monoisotopic (exact) mass is 626 g/mol. The van der Waals surface area contributed by atoms with Crippen molar-refractivity contribution in [1.82, 2.24) is 5.32 Å². The van der Waals surface area contributed by atoms with Crippen LogP contribution in [0.5, 0.6) is 11.5 Å². The molecule has 230 valence electrons. The molecule has 0 saturated heterocycles. The number of methoxy groups -OCH3 is 2. The number of benzene rings is 4. The summed E-state index contributed by atoms with van der Waals surface area (Å²) in [6.45, 7) is 1.68. The molecule has 3 amide bonds. The molecular weight excluding hydrogens is 596 g/mol. The molecule has 4 aromatic rings. The second-order valence-electron chi connectivity index (χ2n) is 9.54. The molecule has 0 saturated carbocycles. The van der Waals surface area contributed by atoms with Gasteiger partial charge in [-0.3, -0.25) is 24.5 Å². The number of rotatable bonds is 12. The van der Waals surface area contributed by atoms with Gasteiger partial charge in [-0.2, -0.15) is 0 Å². The maximum atomic E-state index is 13.5. The molecule has 3 N–H and O–H groups in total. The largest absolute Gasteiger partial charge is 0.493 e. The van der Waals surface area contributed by atoms with Gasteiger partial charge in [0.2, 0.25) is 5.91 Å². The summed E-state index contributed by atoms with van der Waals surface area (Å²) in [6, 6.07) is 24.8. The van der Waals surface area contributed by atoms with Gasteiger partial charge in [0.25, 0.3) is 17.5 Å². The highest BCUT2D eigenvalue weighted by molar-refractivity contribution is 8.00. The van der Waals surface area contributed by atoms with Crippen LogP contribution in [0.15, 0.2) is 102 Å². The molecule has 0 spiro atoms. The summed E-state index contributed by atoms with van der Waals surface area (Å²) < 4.78 is 10.9. The highest BCUT2D eigenvalue weighted by atomic mass is 32.2. The third-order valence-electron chi connectivity index (χ3n) is 6.42. The summed E-state index contributed by atoms with van der Waals surface area (Å²) in [5.74, 6) is -0.456. The number of carbonyl (C=O) groups excluding carboxylic acids is 3. The molecule has 0 bridgehead atoms. The van der Waals surface area contributed by atoms with Crippen molar-refractivity contribution in [3.8, 4) is 11.5 Å². The fourth-order valence-corrected chi connectivity index (χ4v) is 4.98. The predicted octanol–water partition coefficient (Wildman–Crippen LogP) is 6.06. The maximum Gasteiger partial charge on any atom is 0.272 e. The molecule has 0 radical (unpaired) electrons. The van der Waals surface area contributed by atoms with Gasteiger partial charge in [-0.05, 0) is 61.0 Å². The number of hydrogen-bond donors (Lipinski definition) is 3. The highest BCUT2D eigenvalue weighted by Crippen LogP contribution is 2.32. The molecule has 4 aromatic carbocycles. The first-order valence-electron chi connectivity index (χ1n) is 13.6. The summed E-state index contributed by atoms with van der Waals surface area (Å²) in [5, 5.41) is 19.2. The number of amides is 3. The average molecular weight is 627 g/mol. The Morgan fingerprint density at radius 3 is 2.33 bits per heavy atom. The van der Waals surface area contributed by atoms with E-state index in [0.29, 0.717) is 44.5 Å². The minimum atomic E-state index is -0.585. The van der Waals surface area contributed by atoms with E-state index in [0.717, 1.165) is 0 Å². The third kappa shape index (κ3) is 8.71. The number of anilines is 2. The number of para-hydroxylation sites is 1. The van der Waals surface area contributed by atoms with Gasteiger partial charge in [0.05, 0.1) is 24.9 Å². The summed E-state index contributed by atoms with van der Waals surface area (Å²) in [7, 11) is 2.98. The van der Waals surface area contributed by atoms with Gasteiger partial charge < -0.3 is 25.4 Å². The zero-order valence-corrected chi connectivity index (χ0v) is 25.5. The van der Waals surface area contributed by atoms with Crippen molar-refractivity contribution in [1.29, 1.82) is 0 Å². The van der Waals surface area contributed by atoms with E-state index in [4.69, 9.17) is 9.47 Å². The van der Waals surface area contributed by atoms with Crippen LogP contribution in [0.25, 0.3) is 6.08 Å². The Bertz CT molecular complexity index is 1760. The van der Waals surface area contributed by atoms with E-state index in [2.05, 4.69) is 16.0 Å². The first-order chi connectivity index (χ1) is 21.7. The minimum absolute atomic E-state index is 0.0358. The van der Waals surface area contributed by atoms with Crippen molar-refractivity contribution >= 4 is 52.6 Å². The van der Waals surface area contributed by atoms with Crippen LogP contribution >= 0.6 is 11.8 Å². The molecule has 11 nitrogen and oxygen atoms in total. The number of carbonyl (C=O) groups is 3. The van der Waals surface area contributed by atoms with Crippen molar-refractivity contribution in [3.05, 3.63) is 123 Å². The van der Waals surface area contributed by atoms with Crippen LogP contribution < -0.4 is 25.4 Å². The smallest absolute Gasteiger partial charge is 0.272 e. The summed E-state index contributed by atoms with van der Waals surface area (Å²) >= 11 is 1.24. The molecule has 0 atom stereocenters. The second-order valence-corrected chi connectivity index (χ2v) is 10.6. The molecule has 45 heavy (non-hydrogen) atoms. The lowest BCUT2D eigenvalue weighted by atomic mass is 10.1. The standard InChI is InChI=1S/C33H30N4O7S/c1-21-17-25(37(41)42)15-16-27(21)35-30(38)20-45-26-13-8-12-24(19-26)34-33(40)28(36-32(39)22-9-5-4-6-10-22)18-23-11-7-14-29(43-2)31(23)44-3/h4-19H,20H2,1-3H3,(H,34,40)(H,35,38)(H,36,39)/b28-18+. The number of nitro benzene ring substituents is 1. The Morgan fingerprint density at radius 2 is 1.64 bits per heavy atom. The first kappa shape index (κ1) is 32.3. The van der Waals surface area contributed by atoms with Gasteiger partial charge in [-0.1, -0.05) is 36.4 Å². The van der Waals surface area contributed by atoms with E-state index in [9.17, 15) is 24.5 Å². The van der Waals surface area contributed by atoms with E-state index < -0.39 is 16.7 Å². The zero-order chi connectivity index (χ0) is 32.3. The number of non-ortho nitro benzene ring substituents is 1. The van der Waals surface area contributed by atoms with E-state index in [1.165, 1.54) is 50.3 Å². The van der Waals surface area contributed by atoms with Crippen molar-refractivity contribution in [2.24, 2.45) is 0 Å². The summed E-state index contributed by atoms with van der Waals surface area (Å²) in [6.07, 6.45) is 1.50. The Labute approximate surface area is 263 Å². The number of nitrogens with one attached hydrogen (secondary N) is 3. The van der Waals surface area contributed by atoms with Crippen LogP contribution in [0.3, 0.4) is 0 Å². The second kappa shape index (κ2) is 15.2. The van der Waals surface area contributed by atoms with Crippen LogP contribution in [0, 0.1) is 17.0 Å². The maximum absolute atomic E-state index is 13.5. The van der Waals surface area contributed by atoms with Crippen molar-refractivity contribution in [2.75, 3.05) is 30.6 Å². The van der Waals surface area contributed by atoms with Crippen LogP contribution in [0.2, 0.25) is 0 Å². The number of aryl methyl sites for hydroxylation is 1. The first-order valence-corrected chi connectivity index (χ1v) is 14.5. The number of nitrogens with zero attached hydrogens (tertiary/aromatic N) is 1. The lowest BCUT2D eigenvalue weighted by Gasteiger charge is -2.14. The van der Waals surface area contributed by atoms with Crippen molar-refractivity contribution < 1.29 is 28.8 Å².